The molecule has 1 saturated heterocycles. The summed E-state index contributed by atoms with van der Waals surface area (Å²) in [5, 5.41) is 2.61. The van der Waals surface area contributed by atoms with E-state index in [4.69, 9.17) is 39.5 Å². The second-order valence-electron chi connectivity index (χ2n) is 9.97. The topological polar surface area (TPSA) is 101 Å². The van der Waals surface area contributed by atoms with Gasteiger partial charge < -0.3 is 4.74 Å². The number of ether oxygens (including phenoxy) is 1. The Morgan fingerprint density at radius 1 is 0.881 bits per heavy atom. The molecule has 1 aliphatic carbocycles. The van der Waals surface area contributed by atoms with Crippen LogP contribution in [0, 0.1) is 17.8 Å². The molecule has 0 unspecified atom stereocenters. The van der Waals surface area contributed by atoms with Crippen molar-refractivity contribution in [2.24, 2.45) is 17.8 Å². The first-order valence-corrected chi connectivity index (χ1v) is 14.1. The number of halogens is 3. The molecule has 1 aliphatic heterocycles. The number of esters is 1. The van der Waals surface area contributed by atoms with Gasteiger partial charge in [-0.2, -0.15) is 5.01 Å². The minimum atomic E-state index is -0.716. The number of carbonyl (C=O) groups excluding carboxylic acids is 5. The predicted molar refractivity (Wildman–Crippen MR) is 156 cm³/mol. The Labute approximate surface area is 256 Å². The standard InChI is InChI=1S/C31H23Cl3N2O6/c1-17-3-2-4-24-27(17)30(40)36(29(24)39)35(28(38)19-5-9-20(32)10-6-19)16-26(37)18-7-12-22(13-8-18)42-31(41)23-14-11-21(33)15-25(23)34/h2-3,5-15,17,24,27H,4,16H2,1H3/t17-,24+,27+/m1/s1. The van der Waals surface area contributed by atoms with E-state index in [1.54, 1.807) is 0 Å². The quantitative estimate of drug-likeness (QED) is 0.100. The van der Waals surface area contributed by atoms with Gasteiger partial charge in [-0.3, -0.25) is 19.2 Å². The number of Topliss-reactive ketones (excluding diaryl/α,β-unsaturated/α-hetero) is 1. The van der Waals surface area contributed by atoms with Gasteiger partial charge in [0.25, 0.3) is 17.7 Å². The fourth-order valence-corrected chi connectivity index (χ4v) is 5.71. The van der Waals surface area contributed by atoms with Gasteiger partial charge in [0.2, 0.25) is 0 Å². The highest BCUT2D eigenvalue weighted by molar-refractivity contribution is 6.36. The van der Waals surface area contributed by atoms with Gasteiger partial charge in [-0.05, 0) is 79.1 Å². The maximum Gasteiger partial charge on any atom is 0.345 e. The highest BCUT2D eigenvalue weighted by atomic mass is 35.5. The van der Waals surface area contributed by atoms with E-state index in [1.807, 2.05) is 19.1 Å². The Kier molecular flexibility index (Phi) is 8.50. The van der Waals surface area contributed by atoms with Crippen LogP contribution >= 0.6 is 34.8 Å². The summed E-state index contributed by atoms with van der Waals surface area (Å²) in [6.07, 6.45) is 4.10. The number of rotatable bonds is 7. The van der Waals surface area contributed by atoms with E-state index in [0.29, 0.717) is 16.5 Å². The molecular weight excluding hydrogens is 603 g/mol. The maximum atomic E-state index is 13.6. The summed E-state index contributed by atoms with van der Waals surface area (Å²) < 4.78 is 5.36. The van der Waals surface area contributed by atoms with Crippen molar-refractivity contribution in [3.05, 3.63) is 111 Å². The fourth-order valence-electron chi connectivity index (χ4n) is 5.10. The van der Waals surface area contributed by atoms with Crippen molar-refractivity contribution in [2.45, 2.75) is 13.3 Å². The van der Waals surface area contributed by atoms with Crippen LogP contribution in [0.4, 0.5) is 0 Å². The van der Waals surface area contributed by atoms with Crippen LogP contribution in [-0.2, 0) is 9.59 Å². The molecule has 3 aromatic carbocycles. The first-order chi connectivity index (χ1) is 20.0. The monoisotopic (exact) mass is 624 g/mol. The van der Waals surface area contributed by atoms with Gasteiger partial charge in [0, 0.05) is 21.2 Å². The van der Waals surface area contributed by atoms with E-state index >= 15 is 0 Å². The molecule has 1 heterocycles. The van der Waals surface area contributed by atoms with Gasteiger partial charge in [0.1, 0.15) is 12.3 Å². The van der Waals surface area contributed by atoms with E-state index in [0.717, 1.165) is 10.0 Å². The molecule has 2 aliphatic rings. The lowest BCUT2D eigenvalue weighted by Gasteiger charge is -2.30. The molecule has 0 bridgehead atoms. The van der Waals surface area contributed by atoms with Crippen LogP contribution in [0.2, 0.25) is 15.1 Å². The summed E-state index contributed by atoms with van der Waals surface area (Å²) in [5.41, 5.74) is 0.430. The van der Waals surface area contributed by atoms with Gasteiger partial charge >= 0.3 is 5.97 Å². The fraction of sp³-hybridized carbons (Fsp3) is 0.194. The summed E-state index contributed by atoms with van der Waals surface area (Å²) in [5.74, 6) is -4.31. The number of carbonyl (C=O) groups is 5. The molecule has 11 heteroatoms. The smallest absolute Gasteiger partial charge is 0.345 e. The van der Waals surface area contributed by atoms with Gasteiger partial charge in [-0.25, -0.2) is 9.80 Å². The first-order valence-electron chi connectivity index (χ1n) is 13.0. The number of allylic oxidation sites excluding steroid dienone is 2. The maximum absolute atomic E-state index is 13.6. The summed E-state index contributed by atoms with van der Waals surface area (Å²) in [6, 6.07) is 15.9. The summed E-state index contributed by atoms with van der Waals surface area (Å²) in [6.45, 7) is 1.26. The van der Waals surface area contributed by atoms with Gasteiger partial charge in [0.05, 0.1) is 22.4 Å². The Balaban J connectivity index is 1.38. The molecule has 8 nitrogen and oxygen atoms in total. The molecule has 0 spiro atoms. The second-order valence-corrected chi connectivity index (χ2v) is 11.3. The van der Waals surface area contributed by atoms with Crippen LogP contribution in [0.5, 0.6) is 5.75 Å². The van der Waals surface area contributed by atoms with Gasteiger partial charge in [0.15, 0.2) is 5.78 Å². The number of nitrogens with zero attached hydrogens (tertiary/aromatic N) is 2. The third-order valence-corrected chi connectivity index (χ3v) is 8.05. The molecular formula is C31H23Cl3N2O6. The molecule has 0 radical (unpaired) electrons. The molecule has 42 heavy (non-hydrogen) atoms. The third kappa shape index (κ3) is 5.83. The van der Waals surface area contributed by atoms with E-state index in [-0.39, 0.29) is 33.4 Å². The van der Waals surface area contributed by atoms with Crippen LogP contribution in [0.25, 0.3) is 0 Å². The number of amides is 3. The van der Waals surface area contributed by atoms with Gasteiger partial charge in [-0.1, -0.05) is 53.9 Å². The molecule has 3 aromatic rings. The zero-order valence-corrected chi connectivity index (χ0v) is 24.4. The highest BCUT2D eigenvalue weighted by Crippen LogP contribution is 2.39. The molecule has 214 valence electrons. The van der Waals surface area contributed by atoms with Crippen molar-refractivity contribution in [3.8, 4) is 5.75 Å². The van der Waals surface area contributed by atoms with E-state index in [1.165, 1.54) is 66.7 Å². The highest BCUT2D eigenvalue weighted by Gasteiger charge is 2.53. The lowest BCUT2D eigenvalue weighted by molar-refractivity contribution is -0.154. The van der Waals surface area contributed by atoms with Crippen molar-refractivity contribution in [1.29, 1.82) is 0 Å². The number of imide groups is 1. The number of hydrogen-bond acceptors (Lipinski definition) is 6. The van der Waals surface area contributed by atoms with Crippen LogP contribution in [0.1, 0.15) is 44.4 Å². The molecule has 5 rings (SSSR count). The molecule has 3 atom stereocenters. The molecule has 0 aromatic heterocycles. The van der Waals surface area contributed by atoms with E-state index in [9.17, 15) is 24.0 Å². The van der Waals surface area contributed by atoms with Crippen LogP contribution < -0.4 is 4.74 Å². The van der Waals surface area contributed by atoms with Crippen molar-refractivity contribution in [1.82, 2.24) is 10.0 Å². The summed E-state index contributed by atoms with van der Waals surface area (Å²) in [4.78, 5) is 66.5. The lowest BCUT2D eigenvalue weighted by atomic mass is 9.78. The van der Waals surface area contributed by atoms with E-state index in [2.05, 4.69) is 0 Å². The minimum Gasteiger partial charge on any atom is -0.423 e. The third-order valence-electron chi connectivity index (χ3n) is 7.25. The Morgan fingerprint density at radius 3 is 2.17 bits per heavy atom. The predicted octanol–water partition coefficient (Wildman–Crippen LogP) is 6.30. The number of benzene rings is 3. The van der Waals surface area contributed by atoms with Crippen LogP contribution in [0.3, 0.4) is 0 Å². The number of ketones is 1. The summed E-state index contributed by atoms with van der Waals surface area (Å²) in [7, 11) is 0. The number of hydrazine groups is 1. The number of hydrogen-bond donors (Lipinski definition) is 0. The summed E-state index contributed by atoms with van der Waals surface area (Å²) >= 11 is 17.9. The first kappa shape index (κ1) is 29.5. The Hall–Kier alpha value is -3.98. The SMILES string of the molecule is C[C@@H]1C=CC[C@@H]2C(=O)N(N(CC(=O)c3ccc(OC(=O)c4ccc(Cl)cc4Cl)cc3)C(=O)c3ccc(Cl)cc3)C(=O)[C@@H]12. The Morgan fingerprint density at radius 2 is 1.52 bits per heavy atom. The number of fused-ring (bicyclic) bond motifs is 1. The molecule has 1 fully saturated rings. The molecule has 0 N–H and O–H groups in total. The average molecular weight is 626 g/mol. The minimum absolute atomic E-state index is 0.114. The normalized spacial score (nSPS) is 19.4. The van der Waals surface area contributed by atoms with E-state index < -0.39 is 47.9 Å². The van der Waals surface area contributed by atoms with Crippen LogP contribution in [0.15, 0.2) is 78.9 Å². The lowest BCUT2D eigenvalue weighted by Crippen LogP contribution is -2.52. The largest absolute Gasteiger partial charge is 0.423 e. The van der Waals surface area contributed by atoms with Crippen molar-refractivity contribution in [3.63, 3.8) is 0 Å². The van der Waals surface area contributed by atoms with Crippen molar-refractivity contribution in [2.75, 3.05) is 6.54 Å². The average Bonchev–Trinajstić information content (AvgIpc) is 3.22. The van der Waals surface area contributed by atoms with Crippen molar-refractivity contribution >= 4 is 64.3 Å². The second kappa shape index (κ2) is 12.1. The molecule has 3 amide bonds. The Bertz CT molecular complexity index is 1620. The van der Waals surface area contributed by atoms with Crippen molar-refractivity contribution < 1.29 is 28.7 Å². The zero-order valence-electron chi connectivity index (χ0n) is 22.1. The molecule has 0 saturated carbocycles. The van der Waals surface area contributed by atoms with Gasteiger partial charge in [-0.15, -0.1) is 0 Å². The zero-order chi connectivity index (χ0) is 30.1. The van der Waals surface area contributed by atoms with Crippen LogP contribution in [-0.4, -0.2) is 46.0 Å².